The average molecular weight is 391 g/mol. The van der Waals surface area contributed by atoms with Crippen LogP contribution >= 0.6 is 0 Å². The summed E-state index contributed by atoms with van der Waals surface area (Å²) < 4.78 is 0. The Morgan fingerprint density at radius 2 is 1.79 bits per heavy atom. The van der Waals surface area contributed by atoms with Crippen LogP contribution in [-0.2, 0) is 30.7 Å². The number of nitrogens with one attached hydrogen (secondary N) is 1. The third kappa shape index (κ3) is 4.65. The predicted molar refractivity (Wildman–Crippen MR) is 93.1 cm³/mol. The molecule has 2 aliphatic rings. The number of amides is 3. The van der Waals surface area contributed by atoms with E-state index in [0.29, 0.717) is 18.1 Å². The highest BCUT2D eigenvalue weighted by Gasteiger charge is 2.41. The first-order chi connectivity index (χ1) is 13.5. The highest BCUT2D eigenvalue weighted by atomic mass is 16.7. The molecule has 0 aliphatic carbocycles. The van der Waals surface area contributed by atoms with Crippen LogP contribution in [0.2, 0.25) is 0 Å². The van der Waals surface area contributed by atoms with Crippen molar-refractivity contribution in [2.75, 3.05) is 6.54 Å². The molecule has 150 valence electrons. The molecule has 0 bridgehead atoms. The lowest BCUT2D eigenvalue weighted by Gasteiger charge is -2.36. The summed E-state index contributed by atoms with van der Waals surface area (Å²) in [5.74, 6) is -2.15. The van der Waals surface area contributed by atoms with Gasteiger partial charge in [0.2, 0.25) is 0 Å². The molecule has 2 atom stereocenters. The Morgan fingerprint density at radius 1 is 1.11 bits per heavy atom. The molecule has 10 nitrogen and oxygen atoms in total. The Labute approximate surface area is 160 Å². The molecule has 0 saturated carbocycles. The molecule has 0 radical (unpaired) electrons. The van der Waals surface area contributed by atoms with E-state index < -0.39 is 29.9 Å². The third-order valence-corrected chi connectivity index (χ3v) is 4.62. The molecular weight excluding hydrogens is 370 g/mol. The first-order valence-electron chi connectivity index (χ1n) is 8.94. The Bertz CT molecular complexity index is 739. The molecule has 10 heteroatoms. The minimum Gasteiger partial charge on any atom is -0.465 e. The van der Waals surface area contributed by atoms with E-state index in [2.05, 4.69) is 5.48 Å². The van der Waals surface area contributed by atoms with Crippen LogP contribution in [0.25, 0.3) is 0 Å². The van der Waals surface area contributed by atoms with Gasteiger partial charge in [-0.1, -0.05) is 30.3 Å². The quantitative estimate of drug-likeness (QED) is 0.539. The first kappa shape index (κ1) is 19.8. The zero-order valence-corrected chi connectivity index (χ0v) is 15.1. The van der Waals surface area contributed by atoms with Gasteiger partial charge in [0.05, 0.1) is 12.6 Å². The molecule has 28 heavy (non-hydrogen) atoms. The van der Waals surface area contributed by atoms with Crippen molar-refractivity contribution in [2.24, 2.45) is 0 Å². The highest BCUT2D eigenvalue weighted by Crippen LogP contribution is 2.21. The smallest absolute Gasteiger partial charge is 0.408 e. The topological polar surface area (TPSA) is 125 Å². The van der Waals surface area contributed by atoms with Crippen LogP contribution in [0.4, 0.5) is 4.79 Å². The normalized spacial score (nSPS) is 22.4. The van der Waals surface area contributed by atoms with E-state index in [9.17, 15) is 24.3 Å². The fourth-order valence-electron chi connectivity index (χ4n) is 3.15. The molecule has 0 spiro atoms. The number of likely N-dealkylation sites (tertiary alicyclic amines) is 1. The number of benzene rings is 1. The fourth-order valence-corrected chi connectivity index (χ4v) is 3.15. The summed E-state index contributed by atoms with van der Waals surface area (Å²) in [4.78, 5) is 58.3. The summed E-state index contributed by atoms with van der Waals surface area (Å²) >= 11 is 0. The van der Waals surface area contributed by atoms with Crippen molar-refractivity contribution in [3.63, 3.8) is 0 Å². The maximum Gasteiger partial charge on any atom is 0.408 e. The van der Waals surface area contributed by atoms with Gasteiger partial charge in [0.15, 0.2) is 0 Å². The highest BCUT2D eigenvalue weighted by molar-refractivity contribution is 6.01. The van der Waals surface area contributed by atoms with Gasteiger partial charge in [0.25, 0.3) is 11.8 Å². The van der Waals surface area contributed by atoms with Gasteiger partial charge < -0.3 is 9.94 Å². The second kappa shape index (κ2) is 8.81. The second-order valence-electron chi connectivity index (χ2n) is 6.61. The lowest BCUT2D eigenvalue weighted by Crippen LogP contribution is -2.56. The van der Waals surface area contributed by atoms with E-state index in [1.807, 2.05) is 30.3 Å². The van der Waals surface area contributed by atoms with Gasteiger partial charge in [-0.25, -0.2) is 9.59 Å². The first-order valence-corrected chi connectivity index (χ1v) is 8.94. The molecule has 1 aromatic carbocycles. The molecule has 2 saturated heterocycles. The summed E-state index contributed by atoms with van der Waals surface area (Å²) in [5.41, 5.74) is 3.79. The standard InChI is InChI=1S/C18H21N3O7/c22-15-8-9-16(23)21(15)28-17(24)14-7-6-13(10-20(14)18(25)26)19-27-11-12-4-2-1-3-5-12/h1-5,13-14,19H,6-11H2,(H,25,26)/t13-,14+/m1/s1. The van der Waals surface area contributed by atoms with E-state index in [1.165, 1.54) is 0 Å². The van der Waals surface area contributed by atoms with Gasteiger partial charge in [-0.2, -0.15) is 5.48 Å². The number of carbonyl (C=O) groups is 4. The number of hydrogen-bond donors (Lipinski definition) is 2. The number of rotatable bonds is 6. The molecule has 0 aromatic heterocycles. The number of hydroxylamine groups is 3. The van der Waals surface area contributed by atoms with Crippen LogP contribution in [0.5, 0.6) is 0 Å². The monoisotopic (exact) mass is 391 g/mol. The van der Waals surface area contributed by atoms with Gasteiger partial charge in [-0.15, -0.1) is 5.06 Å². The zero-order chi connectivity index (χ0) is 20.1. The van der Waals surface area contributed by atoms with E-state index in [1.54, 1.807) is 0 Å². The molecule has 2 fully saturated rings. The molecule has 0 unspecified atom stereocenters. The molecule has 2 N–H and O–H groups in total. The van der Waals surface area contributed by atoms with Crippen molar-refractivity contribution in [3.05, 3.63) is 35.9 Å². The molecule has 2 aliphatic heterocycles. The lowest BCUT2D eigenvalue weighted by molar-refractivity contribution is -0.201. The maximum absolute atomic E-state index is 12.3. The maximum atomic E-state index is 12.3. The van der Waals surface area contributed by atoms with E-state index >= 15 is 0 Å². The fraction of sp³-hybridized carbons (Fsp3) is 0.444. The van der Waals surface area contributed by atoms with Crippen molar-refractivity contribution in [3.8, 4) is 0 Å². The number of imide groups is 1. The van der Waals surface area contributed by atoms with E-state index in [0.717, 1.165) is 10.5 Å². The minimum absolute atomic E-state index is 0.00574. The molecular formula is C18H21N3O7. The third-order valence-electron chi connectivity index (χ3n) is 4.62. The number of carbonyl (C=O) groups excluding carboxylic acids is 3. The predicted octanol–water partition coefficient (Wildman–Crippen LogP) is 0.826. The van der Waals surface area contributed by atoms with Crippen molar-refractivity contribution in [2.45, 2.75) is 44.4 Å². The lowest BCUT2D eigenvalue weighted by atomic mass is 9.99. The van der Waals surface area contributed by atoms with Crippen LogP contribution in [-0.4, -0.2) is 57.6 Å². The van der Waals surface area contributed by atoms with Crippen LogP contribution in [0.1, 0.15) is 31.2 Å². The van der Waals surface area contributed by atoms with Gasteiger partial charge in [0.1, 0.15) is 6.04 Å². The largest absolute Gasteiger partial charge is 0.465 e. The Kier molecular flexibility index (Phi) is 6.22. The van der Waals surface area contributed by atoms with Crippen molar-refractivity contribution in [1.82, 2.24) is 15.4 Å². The zero-order valence-electron chi connectivity index (χ0n) is 15.1. The van der Waals surface area contributed by atoms with Gasteiger partial charge in [-0.05, 0) is 18.4 Å². The van der Waals surface area contributed by atoms with Crippen molar-refractivity contribution < 1.29 is 34.0 Å². The molecule has 3 amide bonds. The van der Waals surface area contributed by atoms with Crippen LogP contribution in [0.3, 0.4) is 0 Å². The summed E-state index contributed by atoms with van der Waals surface area (Å²) in [6.45, 7) is 0.320. The molecule has 2 heterocycles. The van der Waals surface area contributed by atoms with Crippen molar-refractivity contribution in [1.29, 1.82) is 0 Å². The van der Waals surface area contributed by atoms with Crippen molar-refractivity contribution >= 4 is 23.9 Å². The van der Waals surface area contributed by atoms with Crippen LogP contribution < -0.4 is 5.48 Å². The van der Waals surface area contributed by atoms with Crippen LogP contribution in [0.15, 0.2) is 30.3 Å². The number of piperidine rings is 1. The van der Waals surface area contributed by atoms with Gasteiger partial charge in [-0.3, -0.25) is 19.3 Å². The summed E-state index contributed by atoms with van der Waals surface area (Å²) in [7, 11) is 0. The summed E-state index contributed by atoms with van der Waals surface area (Å²) in [6, 6.07) is 8.07. The summed E-state index contributed by atoms with van der Waals surface area (Å²) in [5, 5.41) is 9.87. The van der Waals surface area contributed by atoms with E-state index in [-0.39, 0.29) is 31.8 Å². The SMILES string of the molecule is O=C(ON1C(=O)CCC1=O)[C@@H]1CC[C@@H](NOCc2ccccc2)CN1C(=O)O. The number of carboxylic acid groups (broad SMARTS) is 1. The average Bonchev–Trinajstić information content (AvgIpc) is 3.00. The van der Waals surface area contributed by atoms with Crippen LogP contribution in [0, 0.1) is 0 Å². The molecule has 3 rings (SSSR count). The van der Waals surface area contributed by atoms with Gasteiger partial charge >= 0.3 is 12.1 Å². The molecule has 1 aromatic rings. The Morgan fingerprint density at radius 3 is 2.43 bits per heavy atom. The second-order valence-corrected chi connectivity index (χ2v) is 6.61. The van der Waals surface area contributed by atoms with Gasteiger partial charge in [0, 0.05) is 19.4 Å². The summed E-state index contributed by atoms with van der Waals surface area (Å²) in [6.07, 6.45) is -0.710. The Balaban J connectivity index is 1.53. The minimum atomic E-state index is -1.30. The number of hydrogen-bond acceptors (Lipinski definition) is 7. The van der Waals surface area contributed by atoms with E-state index in [4.69, 9.17) is 9.68 Å². The number of nitrogens with zero attached hydrogens (tertiary/aromatic N) is 2. The Hall–Kier alpha value is -2.98.